The van der Waals surface area contributed by atoms with E-state index in [-0.39, 0.29) is 5.91 Å². The van der Waals surface area contributed by atoms with Crippen LogP contribution in [0.4, 0.5) is 0 Å². The molecule has 1 aliphatic rings. The Balaban J connectivity index is 1.27. The number of fused-ring (bicyclic) bond motifs is 1. The maximum absolute atomic E-state index is 13.1. The van der Waals surface area contributed by atoms with Crippen LogP contribution in [0.2, 0.25) is 0 Å². The Morgan fingerprint density at radius 2 is 1.84 bits per heavy atom. The van der Waals surface area contributed by atoms with Crippen molar-refractivity contribution in [2.24, 2.45) is 0 Å². The summed E-state index contributed by atoms with van der Waals surface area (Å²) in [5.74, 6) is 0.952. The molecule has 156 valence electrons. The zero-order valence-electron chi connectivity index (χ0n) is 17.5. The topological polar surface area (TPSA) is 42.4 Å². The molecule has 0 atom stereocenters. The van der Waals surface area contributed by atoms with E-state index in [9.17, 15) is 4.79 Å². The third-order valence-corrected chi connectivity index (χ3v) is 6.45. The summed E-state index contributed by atoms with van der Waals surface area (Å²) < 4.78 is 6.08. The molecule has 1 aromatic heterocycles. The Kier molecular flexibility index (Phi) is 5.43. The molecule has 5 rings (SSSR count). The third kappa shape index (κ3) is 4.47. The van der Waals surface area contributed by atoms with E-state index in [0.717, 1.165) is 51.2 Å². The van der Waals surface area contributed by atoms with Crippen LogP contribution in [-0.4, -0.2) is 21.8 Å². The predicted octanol–water partition coefficient (Wildman–Crippen LogP) is 5.99. The second-order valence-electron chi connectivity index (χ2n) is 8.03. The number of nitrogens with zero attached hydrogens (tertiary/aromatic N) is 2. The molecule has 3 aromatic carbocycles. The van der Waals surface area contributed by atoms with E-state index < -0.39 is 0 Å². The van der Waals surface area contributed by atoms with Crippen molar-refractivity contribution in [2.75, 3.05) is 0 Å². The minimum atomic E-state index is 0.0871. The average Bonchev–Trinajstić information content (AvgIpc) is 3.54. The van der Waals surface area contributed by atoms with E-state index in [1.165, 1.54) is 0 Å². The number of hydrogen-bond donors (Lipinski definition) is 0. The first-order chi connectivity index (χ1) is 15.2. The molecule has 0 unspecified atom stereocenters. The molecule has 5 heteroatoms. The number of carbonyl (C=O) groups is 1. The number of carbonyl (C=O) groups excluding carboxylic acids is 1. The molecule has 0 aliphatic heterocycles. The van der Waals surface area contributed by atoms with Crippen molar-refractivity contribution in [3.05, 3.63) is 93.9 Å². The summed E-state index contributed by atoms with van der Waals surface area (Å²) in [7, 11) is 0. The van der Waals surface area contributed by atoms with Crippen LogP contribution in [0.3, 0.4) is 0 Å². The standard InChI is InChI=1S/C26H24N2O2S/c1-18-9-11-20(12-10-18)26(29)28(22-13-14-22)15-21-17-31-25(27-21)16-30-24-8-4-6-19-5-2-3-7-23(19)24/h2-12,17,22H,13-16H2,1H3. The number of aromatic nitrogens is 1. The number of thiazole rings is 1. The van der Waals surface area contributed by atoms with Crippen LogP contribution in [0.5, 0.6) is 5.75 Å². The van der Waals surface area contributed by atoms with Crippen LogP contribution < -0.4 is 4.74 Å². The van der Waals surface area contributed by atoms with Crippen molar-refractivity contribution in [3.63, 3.8) is 0 Å². The summed E-state index contributed by atoms with van der Waals surface area (Å²) in [6.45, 7) is 3.00. The molecule has 1 heterocycles. The molecular weight excluding hydrogens is 404 g/mol. The number of aryl methyl sites for hydroxylation is 1. The van der Waals surface area contributed by atoms with Gasteiger partial charge in [0.15, 0.2) is 0 Å². The van der Waals surface area contributed by atoms with Crippen LogP contribution >= 0.6 is 11.3 Å². The Hall–Kier alpha value is -3.18. The fourth-order valence-corrected chi connectivity index (χ4v) is 4.43. The molecule has 1 saturated carbocycles. The number of benzene rings is 3. The monoisotopic (exact) mass is 428 g/mol. The Bertz CT molecular complexity index is 1210. The van der Waals surface area contributed by atoms with Crippen LogP contribution in [0.1, 0.15) is 39.5 Å². The van der Waals surface area contributed by atoms with Gasteiger partial charge in [0.05, 0.1) is 12.2 Å². The van der Waals surface area contributed by atoms with Gasteiger partial charge < -0.3 is 9.64 Å². The Morgan fingerprint density at radius 1 is 1.06 bits per heavy atom. The lowest BCUT2D eigenvalue weighted by molar-refractivity contribution is 0.0728. The molecule has 1 amide bonds. The lowest BCUT2D eigenvalue weighted by atomic mass is 10.1. The highest BCUT2D eigenvalue weighted by Crippen LogP contribution is 2.31. The largest absolute Gasteiger partial charge is 0.486 e. The highest BCUT2D eigenvalue weighted by molar-refractivity contribution is 7.09. The van der Waals surface area contributed by atoms with Crippen molar-refractivity contribution in [1.29, 1.82) is 0 Å². The summed E-state index contributed by atoms with van der Waals surface area (Å²) in [6.07, 6.45) is 2.14. The van der Waals surface area contributed by atoms with Crippen LogP contribution in [-0.2, 0) is 13.2 Å². The van der Waals surface area contributed by atoms with Crippen LogP contribution in [0.15, 0.2) is 72.1 Å². The summed E-state index contributed by atoms with van der Waals surface area (Å²) in [5.41, 5.74) is 2.82. The molecule has 4 aromatic rings. The normalized spacial score (nSPS) is 13.3. The fourth-order valence-electron chi connectivity index (χ4n) is 3.74. The van der Waals surface area contributed by atoms with Crippen molar-refractivity contribution in [2.45, 2.75) is 39.0 Å². The van der Waals surface area contributed by atoms with Crippen LogP contribution in [0.25, 0.3) is 10.8 Å². The maximum atomic E-state index is 13.1. The molecule has 0 N–H and O–H groups in total. The molecule has 0 saturated heterocycles. The van der Waals surface area contributed by atoms with Gasteiger partial charge in [0.1, 0.15) is 17.4 Å². The molecule has 1 aliphatic carbocycles. The quantitative estimate of drug-likeness (QED) is 0.363. The Labute approximate surface area is 186 Å². The molecule has 0 bridgehead atoms. The van der Waals surface area contributed by atoms with Gasteiger partial charge in [-0.05, 0) is 43.4 Å². The number of rotatable bonds is 7. The lowest BCUT2D eigenvalue weighted by Gasteiger charge is -2.21. The molecule has 0 spiro atoms. The van der Waals surface area contributed by atoms with Crippen molar-refractivity contribution < 1.29 is 9.53 Å². The van der Waals surface area contributed by atoms with Gasteiger partial charge in [-0.1, -0.05) is 54.1 Å². The predicted molar refractivity (Wildman–Crippen MR) is 124 cm³/mol. The van der Waals surface area contributed by atoms with Crippen molar-refractivity contribution in [3.8, 4) is 5.75 Å². The first-order valence-corrected chi connectivity index (χ1v) is 11.5. The lowest BCUT2D eigenvalue weighted by Crippen LogP contribution is -2.32. The van der Waals surface area contributed by atoms with Gasteiger partial charge in [-0.25, -0.2) is 4.98 Å². The number of hydrogen-bond acceptors (Lipinski definition) is 4. The van der Waals surface area contributed by atoms with Crippen molar-refractivity contribution in [1.82, 2.24) is 9.88 Å². The molecule has 0 radical (unpaired) electrons. The van der Waals surface area contributed by atoms with Gasteiger partial charge in [0.25, 0.3) is 5.91 Å². The third-order valence-electron chi connectivity index (χ3n) is 5.58. The number of ether oxygens (including phenoxy) is 1. The SMILES string of the molecule is Cc1ccc(C(=O)N(Cc2csc(COc3cccc4ccccc34)n2)C2CC2)cc1. The average molecular weight is 429 g/mol. The number of amides is 1. The first-order valence-electron chi connectivity index (χ1n) is 10.6. The first kappa shape index (κ1) is 19.8. The van der Waals surface area contributed by atoms with Gasteiger partial charge in [-0.15, -0.1) is 11.3 Å². The summed E-state index contributed by atoms with van der Waals surface area (Å²) >= 11 is 1.58. The minimum Gasteiger partial charge on any atom is -0.486 e. The zero-order chi connectivity index (χ0) is 21.2. The molecule has 4 nitrogen and oxygen atoms in total. The summed E-state index contributed by atoms with van der Waals surface area (Å²) in [5, 5.41) is 5.22. The summed E-state index contributed by atoms with van der Waals surface area (Å²) in [4.78, 5) is 19.8. The Morgan fingerprint density at radius 3 is 2.65 bits per heavy atom. The van der Waals surface area contributed by atoms with E-state index in [0.29, 0.717) is 19.2 Å². The van der Waals surface area contributed by atoms with Gasteiger partial charge in [0, 0.05) is 22.4 Å². The highest BCUT2D eigenvalue weighted by Gasteiger charge is 2.33. The fraction of sp³-hybridized carbons (Fsp3) is 0.231. The van der Waals surface area contributed by atoms with Gasteiger partial charge in [0.2, 0.25) is 0 Å². The second kappa shape index (κ2) is 8.52. The van der Waals surface area contributed by atoms with Gasteiger partial charge in [-0.2, -0.15) is 0 Å². The van der Waals surface area contributed by atoms with Crippen LogP contribution in [0, 0.1) is 6.92 Å². The second-order valence-corrected chi connectivity index (χ2v) is 8.97. The van der Waals surface area contributed by atoms with E-state index in [4.69, 9.17) is 9.72 Å². The minimum absolute atomic E-state index is 0.0871. The van der Waals surface area contributed by atoms with E-state index >= 15 is 0 Å². The van der Waals surface area contributed by atoms with Gasteiger partial charge in [-0.3, -0.25) is 4.79 Å². The van der Waals surface area contributed by atoms with Crippen molar-refractivity contribution >= 4 is 28.0 Å². The van der Waals surface area contributed by atoms with Gasteiger partial charge >= 0.3 is 0 Å². The zero-order valence-corrected chi connectivity index (χ0v) is 18.3. The van der Waals surface area contributed by atoms with E-state index in [1.807, 2.05) is 65.7 Å². The van der Waals surface area contributed by atoms with E-state index in [1.54, 1.807) is 11.3 Å². The molecule has 1 fully saturated rings. The maximum Gasteiger partial charge on any atom is 0.254 e. The summed E-state index contributed by atoms with van der Waals surface area (Å²) in [6, 6.07) is 22.4. The highest BCUT2D eigenvalue weighted by atomic mass is 32.1. The molecule has 31 heavy (non-hydrogen) atoms. The smallest absolute Gasteiger partial charge is 0.254 e. The van der Waals surface area contributed by atoms with E-state index in [2.05, 4.69) is 18.2 Å². The molecular formula is C26H24N2O2S.